The third-order valence-corrected chi connectivity index (χ3v) is 2.64. The number of amides is 1. The summed E-state index contributed by atoms with van der Waals surface area (Å²) in [7, 11) is 0. The van der Waals surface area contributed by atoms with Crippen molar-refractivity contribution in [3.63, 3.8) is 0 Å². The summed E-state index contributed by atoms with van der Waals surface area (Å²) in [6, 6.07) is 2.15. The van der Waals surface area contributed by atoms with E-state index in [-0.39, 0.29) is 10.6 Å². The van der Waals surface area contributed by atoms with Crippen LogP contribution < -0.4 is 11.1 Å². The van der Waals surface area contributed by atoms with Gasteiger partial charge in [0.2, 0.25) is 0 Å². The van der Waals surface area contributed by atoms with Crippen molar-refractivity contribution in [1.82, 2.24) is 5.32 Å². The zero-order chi connectivity index (χ0) is 13.7. The number of benzene rings is 1. The molecule has 0 fully saturated rings. The molecule has 98 valence electrons. The molecule has 1 atom stereocenters. The maximum atomic E-state index is 13.0. The fraction of sp³-hybridized carbons (Fsp3) is 0.333. The number of carbonyl (C=O) groups excluding carboxylic acids is 1. The van der Waals surface area contributed by atoms with Crippen LogP contribution in [0.5, 0.6) is 0 Å². The van der Waals surface area contributed by atoms with E-state index in [0.29, 0.717) is 12.5 Å². The number of halogens is 2. The summed E-state index contributed by atoms with van der Waals surface area (Å²) in [5.41, 5.74) is 5.38. The molecule has 1 unspecified atom stereocenters. The van der Waals surface area contributed by atoms with Gasteiger partial charge in [0.15, 0.2) is 0 Å². The Labute approximate surface area is 109 Å². The number of hydrogen-bond donors (Lipinski definition) is 2. The largest absolute Gasteiger partial charge is 0.392 e. The molecule has 6 heteroatoms. The fourth-order valence-corrected chi connectivity index (χ4v) is 1.68. The molecule has 18 heavy (non-hydrogen) atoms. The Morgan fingerprint density at radius 3 is 2.39 bits per heavy atom. The highest BCUT2D eigenvalue weighted by atomic mass is 32.1. The van der Waals surface area contributed by atoms with E-state index in [0.717, 1.165) is 18.6 Å². The van der Waals surface area contributed by atoms with E-state index < -0.39 is 23.6 Å². The molecule has 3 nitrogen and oxygen atoms in total. The number of thiocarbonyl (C=S) groups is 1. The molecule has 0 aromatic heterocycles. The highest BCUT2D eigenvalue weighted by molar-refractivity contribution is 7.80. The lowest BCUT2D eigenvalue weighted by Crippen LogP contribution is -2.43. The molecule has 0 aliphatic heterocycles. The van der Waals surface area contributed by atoms with Crippen molar-refractivity contribution < 1.29 is 13.6 Å². The number of carbonyl (C=O) groups is 1. The van der Waals surface area contributed by atoms with Crippen molar-refractivity contribution in [3.05, 3.63) is 35.4 Å². The van der Waals surface area contributed by atoms with Crippen molar-refractivity contribution in [2.24, 2.45) is 5.73 Å². The normalized spacial score (nSPS) is 11.9. The van der Waals surface area contributed by atoms with E-state index in [2.05, 4.69) is 5.32 Å². The monoisotopic (exact) mass is 272 g/mol. The predicted octanol–water partition coefficient (Wildman–Crippen LogP) is 2.15. The summed E-state index contributed by atoms with van der Waals surface area (Å²) >= 11 is 4.82. The van der Waals surface area contributed by atoms with Crippen molar-refractivity contribution >= 4 is 23.1 Å². The van der Waals surface area contributed by atoms with Crippen LogP contribution in [0.15, 0.2) is 18.2 Å². The van der Waals surface area contributed by atoms with Gasteiger partial charge < -0.3 is 11.1 Å². The van der Waals surface area contributed by atoms with Crippen LogP contribution in [0.3, 0.4) is 0 Å². The maximum absolute atomic E-state index is 13.0. The van der Waals surface area contributed by atoms with Crippen LogP contribution in [0, 0.1) is 11.6 Å². The van der Waals surface area contributed by atoms with Gasteiger partial charge in [-0.1, -0.05) is 25.6 Å². The fourth-order valence-electron chi connectivity index (χ4n) is 1.50. The summed E-state index contributed by atoms with van der Waals surface area (Å²) in [6.07, 6.45) is 1.36. The van der Waals surface area contributed by atoms with Gasteiger partial charge in [-0.05, 0) is 18.6 Å². The Hall–Kier alpha value is -1.56. The Morgan fingerprint density at radius 2 is 1.94 bits per heavy atom. The van der Waals surface area contributed by atoms with Gasteiger partial charge in [-0.25, -0.2) is 8.78 Å². The minimum Gasteiger partial charge on any atom is -0.392 e. The summed E-state index contributed by atoms with van der Waals surface area (Å²) in [5.74, 6) is -2.20. The second-order valence-electron chi connectivity index (χ2n) is 3.88. The first kappa shape index (κ1) is 14.5. The molecule has 0 aliphatic carbocycles. The molecule has 0 heterocycles. The Kier molecular flexibility index (Phi) is 5.15. The molecular formula is C12H14F2N2OS. The lowest BCUT2D eigenvalue weighted by atomic mass is 10.1. The first-order chi connectivity index (χ1) is 8.43. The van der Waals surface area contributed by atoms with Crippen molar-refractivity contribution in [2.75, 3.05) is 0 Å². The molecule has 0 aliphatic rings. The maximum Gasteiger partial charge on any atom is 0.252 e. The number of rotatable bonds is 5. The van der Waals surface area contributed by atoms with Gasteiger partial charge >= 0.3 is 0 Å². The molecule has 0 radical (unpaired) electrons. The van der Waals surface area contributed by atoms with E-state index in [1.807, 2.05) is 6.92 Å². The second-order valence-corrected chi connectivity index (χ2v) is 4.35. The van der Waals surface area contributed by atoms with Crippen LogP contribution in [0.4, 0.5) is 8.78 Å². The standard InChI is InChI=1S/C12H14F2N2OS/c1-2-3-10(11(15)18)16-12(17)7-4-8(13)6-9(14)5-7/h4-6,10H,2-3H2,1H3,(H2,15,18)(H,16,17). The van der Waals surface area contributed by atoms with Crippen LogP contribution in [0.2, 0.25) is 0 Å². The third kappa shape index (κ3) is 4.03. The van der Waals surface area contributed by atoms with Crippen LogP contribution in [0.25, 0.3) is 0 Å². The second kappa shape index (κ2) is 6.39. The van der Waals surface area contributed by atoms with E-state index >= 15 is 0 Å². The Bertz CT molecular complexity index is 445. The zero-order valence-electron chi connectivity index (χ0n) is 9.87. The van der Waals surface area contributed by atoms with E-state index in [1.165, 1.54) is 0 Å². The first-order valence-corrected chi connectivity index (χ1v) is 5.91. The lowest BCUT2D eigenvalue weighted by molar-refractivity contribution is 0.0944. The molecule has 1 aromatic rings. The smallest absolute Gasteiger partial charge is 0.252 e. The molecule has 0 saturated heterocycles. The lowest BCUT2D eigenvalue weighted by Gasteiger charge is -2.16. The highest BCUT2D eigenvalue weighted by Gasteiger charge is 2.16. The summed E-state index contributed by atoms with van der Waals surface area (Å²) in [6.45, 7) is 1.92. The number of nitrogens with one attached hydrogen (secondary N) is 1. The van der Waals surface area contributed by atoms with Gasteiger partial charge in [0.25, 0.3) is 5.91 Å². The van der Waals surface area contributed by atoms with Crippen molar-refractivity contribution in [1.29, 1.82) is 0 Å². The van der Waals surface area contributed by atoms with Crippen molar-refractivity contribution in [2.45, 2.75) is 25.8 Å². The summed E-state index contributed by atoms with van der Waals surface area (Å²) in [5, 5.41) is 2.55. The molecule has 3 N–H and O–H groups in total. The Balaban J connectivity index is 2.83. The average Bonchev–Trinajstić information content (AvgIpc) is 2.26. The molecule has 0 spiro atoms. The average molecular weight is 272 g/mol. The first-order valence-electron chi connectivity index (χ1n) is 5.50. The molecule has 1 amide bonds. The highest BCUT2D eigenvalue weighted by Crippen LogP contribution is 2.09. The van der Waals surface area contributed by atoms with Gasteiger partial charge in [-0.3, -0.25) is 4.79 Å². The zero-order valence-corrected chi connectivity index (χ0v) is 10.7. The molecule has 0 bridgehead atoms. The SMILES string of the molecule is CCCC(NC(=O)c1cc(F)cc(F)c1)C(N)=S. The van der Waals surface area contributed by atoms with E-state index in [1.54, 1.807) is 0 Å². The van der Waals surface area contributed by atoms with Crippen molar-refractivity contribution in [3.8, 4) is 0 Å². The van der Waals surface area contributed by atoms with Crippen LogP contribution in [0.1, 0.15) is 30.1 Å². The quantitative estimate of drug-likeness (QED) is 0.808. The van der Waals surface area contributed by atoms with Gasteiger partial charge in [0, 0.05) is 11.6 Å². The van der Waals surface area contributed by atoms with Crippen LogP contribution >= 0.6 is 12.2 Å². The summed E-state index contributed by atoms with van der Waals surface area (Å²) in [4.78, 5) is 11.9. The van der Waals surface area contributed by atoms with E-state index in [9.17, 15) is 13.6 Å². The minimum absolute atomic E-state index is 0.0927. The van der Waals surface area contributed by atoms with Crippen LogP contribution in [-0.2, 0) is 0 Å². The summed E-state index contributed by atoms with van der Waals surface area (Å²) < 4.78 is 25.9. The molecule has 0 saturated carbocycles. The molecular weight excluding hydrogens is 258 g/mol. The Morgan fingerprint density at radius 1 is 1.39 bits per heavy atom. The van der Waals surface area contributed by atoms with Gasteiger partial charge in [-0.15, -0.1) is 0 Å². The number of nitrogens with two attached hydrogens (primary N) is 1. The van der Waals surface area contributed by atoms with Crippen LogP contribution in [-0.4, -0.2) is 16.9 Å². The van der Waals surface area contributed by atoms with Gasteiger partial charge in [0.05, 0.1) is 11.0 Å². The topological polar surface area (TPSA) is 55.1 Å². The van der Waals surface area contributed by atoms with Gasteiger partial charge in [0.1, 0.15) is 11.6 Å². The number of hydrogen-bond acceptors (Lipinski definition) is 2. The third-order valence-electron chi connectivity index (χ3n) is 2.35. The van der Waals surface area contributed by atoms with Gasteiger partial charge in [-0.2, -0.15) is 0 Å². The molecule has 1 rings (SSSR count). The predicted molar refractivity (Wildman–Crippen MR) is 69.3 cm³/mol. The van der Waals surface area contributed by atoms with E-state index in [4.69, 9.17) is 18.0 Å². The minimum atomic E-state index is -0.803. The molecule has 1 aromatic carbocycles.